The van der Waals surface area contributed by atoms with Crippen molar-refractivity contribution < 1.29 is 4.39 Å². The Kier molecular flexibility index (Phi) is 6.91. The maximum Gasteiger partial charge on any atom is 0.123 e. The predicted octanol–water partition coefficient (Wildman–Crippen LogP) is 2.20. The molecule has 1 saturated heterocycles. The standard InChI is InChI=1S/C11H15FN2.2ClH/c12-10-3-1-2-9(6-10)7-14-5-4-11(13)8-14;;/h1-3,6,11H,4-5,7-8,13H2;2*1H/t11-;;/m1../s1. The number of likely N-dealkylation sites (tertiary alicyclic amines) is 1. The molecule has 0 bridgehead atoms. The second-order valence-electron chi connectivity index (χ2n) is 3.91. The number of hydrogen-bond donors (Lipinski definition) is 1. The largest absolute Gasteiger partial charge is 0.326 e. The highest BCUT2D eigenvalue weighted by atomic mass is 35.5. The van der Waals surface area contributed by atoms with Gasteiger partial charge in [-0.25, -0.2) is 4.39 Å². The van der Waals surface area contributed by atoms with E-state index in [1.54, 1.807) is 12.1 Å². The summed E-state index contributed by atoms with van der Waals surface area (Å²) >= 11 is 0. The third-order valence-corrected chi connectivity index (χ3v) is 2.60. The lowest BCUT2D eigenvalue weighted by atomic mass is 10.2. The topological polar surface area (TPSA) is 29.3 Å². The van der Waals surface area contributed by atoms with E-state index in [2.05, 4.69) is 4.90 Å². The second-order valence-corrected chi connectivity index (χ2v) is 3.91. The zero-order valence-electron chi connectivity index (χ0n) is 8.93. The highest BCUT2D eigenvalue weighted by Crippen LogP contribution is 2.12. The summed E-state index contributed by atoms with van der Waals surface area (Å²) in [6.45, 7) is 2.76. The van der Waals surface area contributed by atoms with Crippen molar-refractivity contribution in [2.75, 3.05) is 13.1 Å². The molecular weight excluding hydrogens is 250 g/mol. The molecule has 2 N–H and O–H groups in total. The fourth-order valence-corrected chi connectivity index (χ4v) is 1.90. The van der Waals surface area contributed by atoms with E-state index in [0.717, 1.165) is 31.6 Å². The van der Waals surface area contributed by atoms with Gasteiger partial charge in [-0.05, 0) is 24.1 Å². The Hall–Kier alpha value is -0.350. The highest BCUT2D eigenvalue weighted by Gasteiger charge is 2.18. The van der Waals surface area contributed by atoms with Gasteiger partial charge in [0, 0.05) is 25.7 Å². The van der Waals surface area contributed by atoms with Crippen molar-refractivity contribution in [2.45, 2.75) is 19.0 Å². The summed E-state index contributed by atoms with van der Waals surface area (Å²) in [6, 6.07) is 7.06. The van der Waals surface area contributed by atoms with E-state index in [4.69, 9.17) is 5.73 Å². The third-order valence-electron chi connectivity index (χ3n) is 2.60. The Balaban J connectivity index is 0.00000112. The van der Waals surface area contributed by atoms with Gasteiger partial charge in [-0.1, -0.05) is 12.1 Å². The summed E-state index contributed by atoms with van der Waals surface area (Å²) in [5, 5.41) is 0. The molecule has 2 nitrogen and oxygen atoms in total. The molecule has 2 rings (SSSR count). The first-order valence-electron chi connectivity index (χ1n) is 4.96. The normalized spacial score (nSPS) is 20.0. The lowest BCUT2D eigenvalue weighted by Crippen LogP contribution is -2.26. The first kappa shape index (κ1) is 15.7. The van der Waals surface area contributed by atoms with Crippen LogP contribution in [0.2, 0.25) is 0 Å². The van der Waals surface area contributed by atoms with Crippen LogP contribution in [0.25, 0.3) is 0 Å². The summed E-state index contributed by atoms with van der Waals surface area (Å²) in [7, 11) is 0. The molecule has 1 heterocycles. The molecule has 0 saturated carbocycles. The molecule has 1 aliphatic heterocycles. The van der Waals surface area contributed by atoms with Crippen LogP contribution >= 0.6 is 24.8 Å². The Morgan fingerprint density at radius 2 is 2.12 bits per heavy atom. The van der Waals surface area contributed by atoms with Gasteiger partial charge in [-0.3, -0.25) is 4.90 Å². The van der Waals surface area contributed by atoms with Crippen molar-refractivity contribution in [3.63, 3.8) is 0 Å². The van der Waals surface area contributed by atoms with Crippen LogP contribution in [0, 0.1) is 5.82 Å². The molecular formula is C11H17Cl2FN2. The van der Waals surface area contributed by atoms with E-state index in [-0.39, 0.29) is 30.6 Å². The molecule has 1 atom stereocenters. The van der Waals surface area contributed by atoms with Crippen LogP contribution in [0.15, 0.2) is 24.3 Å². The lowest BCUT2D eigenvalue weighted by Gasteiger charge is -2.14. The van der Waals surface area contributed by atoms with Gasteiger partial charge < -0.3 is 5.73 Å². The van der Waals surface area contributed by atoms with Crippen molar-refractivity contribution >= 4 is 24.8 Å². The van der Waals surface area contributed by atoms with Gasteiger partial charge in [0.1, 0.15) is 5.82 Å². The summed E-state index contributed by atoms with van der Waals surface area (Å²) in [5.41, 5.74) is 6.82. The maximum atomic E-state index is 12.9. The van der Waals surface area contributed by atoms with Crippen LogP contribution in [0.5, 0.6) is 0 Å². The minimum Gasteiger partial charge on any atom is -0.326 e. The van der Waals surface area contributed by atoms with Gasteiger partial charge in [0.15, 0.2) is 0 Å². The smallest absolute Gasteiger partial charge is 0.123 e. The summed E-state index contributed by atoms with van der Waals surface area (Å²) in [5.74, 6) is -0.161. The number of halogens is 3. The van der Waals surface area contributed by atoms with E-state index in [9.17, 15) is 4.39 Å². The average molecular weight is 267 g/mol. The quantitative estimate of drug-likeness (QED) is 0.890. The molecule has 0 radical (unpaired) electrons. The van der Waals surface area contributed by atoms with Gasteiger partial charge in [0.25, 0.3) is 0 Å². The molecule has 1 aromatic carbocycles. The maximum absolute atomic E-state index is 12.9. The highest BCUT2D eigenvalue weighted by molar-refractivity contribution is 5.85. The van der Waals surface area contributed by atoms with Crippen LogP contribution in [0.4, 0.5) is 4.39 Å². The van der Waals surface area contributed by atoms with Crippen molar-refractivity contribution in [1.29, 1.82) is 0 Å². The SMILES string of the molecule is Cl.Cl.N[C@@H]1CCN(Cc2cccc(F)c2)C1. The first-order chi connectivity index (χ1) is 6.74. The molecule has 0 aliphatic carbocycles. The number of hydrogen-bond acceptors (Lipinski definition) is 2. The zero-order valence-corrected chi connectivity index (χ0v) is 10.6. The van der Waals surface area contributed by atoms with Crippen molar-refractivity contribution in [2.24, 2.45) is 5.73 Å². The van der Waals surface area contributed by atoms with E-state index in [1.165, 1.54) is 6.07 Å². The van der Waals surface area contributed by atoms with Crippen LogP contribution in [-0.4, -0.2) is 24.0 Å². The lowest BCUT2D eigenvalue weighted by molar-refractivity contribution is 0.326. The fraction of sp³-hybridized carbons (Fsp3) is 0.455. The molecule has 16 heavy (non-hydrogen) atoms. The molecule has 1 aliphatic rings. The fourth-order valence-electron chi connectivity index (χ4n) is 1.90. The Labute approximate surface area is 108 Å². The summed E-state index contributed by atoms with van der Waals surface area (Å²) in [4.78, 5) is 2.26. The molecule has 1 aromatic rings. The first-order valence-corrected chi connectivity index (χ1v) is 4.96. The van der Waals surface area contributed by atoms with Crippen molar-refractivity contribution in [1.82, 2.24) is 4.90 Å². The average Bonchev–Trinajstić information content (AvgIpc) is 2.51. The minimum atomic E-state index is -0.161. The molecule has 0 aromatic heterocycles. The minimum absolute atomic E-state index is 0. The van der Waals surface area contributed by atoms with E-state index in [1.807, 2.05) is 6.07 Å². The van der Waals surface area contributed by atoms with Crippen LogP contribution in [-0.2, 0) is 6.54 Å². The predicted molar refractivity (Wildman–Crippen MR) is 68.8 cm³/mol. The van der Waals surface area contributed by atoms with Gasteiger partial charge >= 0.3 is 0 Å². The van der Waals surface area contributed by atoms with E-state index < -0.39 is 0 Å². The number of rotatable bonds is 2. The summed E-state index contributed by atoms with van der Waals surface area (Å²) in [6.07, 6.45) is 1.05. The van der Waals surface area contributed by atoms with Gasteiger partial charge in [0.05, 0.1) is 0 Å². The second kappa shape index (κ2) is 7.07. The Bertz CT molecular complexity index is 323. The van der Waals surface area contributed by atoms with Crippen LogP contribution in [0.3, 0.4) is 0 Å². The van der Waals surface area contributed by atoms with E-state index >= 15 is 0 Å². The monoisotopic (exact) mass is 266 g/mol. The molecule has 0 amide bonds. The number of nitrogens with zero attached hydrogens (tertiary/aromatic N) is 1. The Morgan fingerprint density at radius 3 is 2.69 bits per heavy atom. The number of benzene rings is 1. The van der Waals surface area contributed by atoms with Crippen LogP contribution < -0.4 is 5.73 Å². The van der Waals surface area contributed by atoms with E-state index in [0.29, 0.717) is 6.04 Å². The molecule has 1 fully saturated rings. The molecule has 5 heteroatoms. The van der Waals surface area contributed by atoms with Crippen molar-refractivity contribution in [3.8, 4) is 0 Å². The molecule has 0 unspecified atom stereocenters. The van der Waals surface area contributed by atoms with Gasteiger partial charge in [0.2, 0.25) is 0 Å². The van der Waals surface area contributed by atoms with Crippen LogP contribution in [0.1, 0.15) is 12.0 Å². The van der Waals surface area contributed by atoms with Gasteiger partial charge in [-0.15, -0.1) is 24.8 Å². The molecule has 0 spiro atoms. The third kappa shape index (κ3) is 4.26. The Morgan fingerprint density at radius 1 is 1.38 bits per heavy atom. The summed E-state index contributed by atoms with van der Waals surface area (Å²) < 4.78 is 12.9. The number of nitrogens with two attached hydrogens (primary N) is 1. The zero-order chi connectivity index (χ0) is 9.97. The van der Waals surface area contributed by atoms with Crippen molar-refractivity contribution in [3.05, 3.63) is 35.6 Å². The van der Waals surface area contributed by atoms with Gasteiger partial charge in [-0.2, -0.15) is 0 Å². The molecule has 92 valence electrons.